The van der Waals surface area contributed by atoms with Crippen LogP contribution < -0.4 is 15.3 Å². The van der Waals surface area contributed by atoms with Gasteiger partial charge in [0, 0.05) is 19.7 Å². The predicted molar refractivity (Wildman–Crippen MR) is 159 cm³/mol. The number of fused-ring (bicyclic) bond motifs is 2. The zero-order valence-corrected chi connectivity index (χ0v) is 21.6. The first kappa shape index (κ1) is 22.6. The van der Waals surface area contributed by atoms with E-state index in [0.717, 1.165) is 4.39 Å². The molecule has 0 amide bonds. The standard InChI is InChI=1S/C34H32BN/c1-25-18-22-31(23-19-25)35(30-14-6-5-7-15-30)34(29-21-20-27-12-8-9-13-28(27)24-29)26(2)32-16-10-11-17-33(32)36(35,3)4/h5-24H,1-4H3. The molecule has 5 aromatic rings. The summed E-state index contributed by atoms with van der Waals surface area (Å²) in [6.45, 7) is 4.50. The topological polar surface area (TPSA) is 0 Å². The number of aryl methyl sites for hydroxylation is 1. The Hall–Kier alpha value is -3.88. The third kappa shape index (κ3) is 3.15. The number of hydrogen-bond acceptors (Lipinski definition) is 0. The zero-order chi connectivity index (χ0) is 24.9. The molecule has 0 bridgehead atoms. The van der Waals surface area contributed by atoms with Crippen molar-refractivity contribution in [3.05, 3.63) is 138 Å². The number of allylic oxidation sites excluding steroid dienone is 1. The van der Waals surface area contributed by atoms with Crippen molar-refractivity contribution >= 4 is 44.7 Å². The second-order valence-electron chi connectivity index (χ2n) is 10.8. The third-order valence-electron chi connectivity index (χ3n) is 8.62. The summed E-state index contributed by atoms with van der Waals surface area (Å²) in [5, 5.41) is 2.55. The molecule has 1 nitrogen and oxygen atoms in total. The van der Waals surface area contributed by atoms with Crippen LogP contribution in [0.3, 0.4) is 0 Å². The van der Waals surface area contributed by atoms with Crippen molar-refractivity contribution in [3.8, 4) is 0 Å². The Bertz CT molecular complexity index is 1610. The van der Waals surface area contributed by atoms with E-state index in [2.05, 4.69) is 149 Å². The minimum Gasteiger partial charge on any atom is -0.474 e. The summed E-state index contributed by atoms with van der Waals surface area (Å²) in [5.74, 6) is 0. The number of benzene rings is 5. The van der Waals surface area contributed by atoms with Gasteiger partial charge in [0.15, 0.2) is 0 Å². The largest absolute Gasteiger partial charge is 0.474 e. The summed E-state index contributed by atoms with van der Waals surface area (Å²) in [5.41, 5.74) is 10.8. The summed E-state index contributed by atoms with van der Waals surface area (Å²) in [7, 11) is 4.80. The van der Waals surface area contributed by atoms with Crippen LogP contribution in [0.5, 0.6) is 0 Å². The van der Waals surface area contributed by atoms with Crippen LogP contribution in [0, 0.1) is 6.92 Å². The van der Waals surface area contributed by atoms with Crippen LogP contribution in [0.1, 0.15) is 23.6 Å². The molecular formula is C34H32BN. The molecule has 5 aromatic carbocycles. The van der Waals surface area contributed by atoms with E-state index in [9.17, 15) is 0 Å². The molecule has 1 aliphatic rings. The second-order valence-corrected chi connectivity index (χ2v) is 10.8. The Labute approximate surface area is 214 Å². The monoisotopic (exact) mass is 465 g/mol. The van der Waals surface area contributed by atoms with Crippen LogP contribution >= 0.6 is 0 Å². The van der Waals surface area contributed by atoms with Gasteiger partial charge in [0.05, 0.1) is 5.69 Å². The fourth-order valence-electron chi connectivity index (χ4n) is 6.95. The lowest BCUT2D eigenvalue weighted by atomic mass is 9.19. The predicted octanol–water partition coefficient (Wildman–Crippen LogP) is 6.96. The van der Waals surface area contributed by atoms with Gasteiger partial charge in [0.25, 0.3) is 6.28 Å². The molecule has 0 radical (unpaired) electrons. The van der Waals surface area contributed by atoms with E-state index in [0.29, 0.717) is 0 Å². The summed E-state index contributed by atoms with van der Waals surface area (Å²) in [4.78, 5) is 0. The number of nitrogens with zero attached hydrogens (tertiary/aromatic N) is 1. The van der Waals surface area contributed by atoms with Crippen LogP contribution in [-0.4, -0.2) is 20.4 Å². The molecular weight excluding hydrogens is 433 g/mol. The molecule has 2 heteroatoms. The molecule has 0 spiro atoms. The molecule has 6 rings (SSSR count). The highest BCUT2D eigenvalue weighted by Gasteiger charge is 2.52. The first-order chi connectivity index (χ1) is 17.4. The zero-order valence-electron chi connectivity index (χ0n) is 21.6. The molecule has 1 heterocycles. The van der Waals surface area contributed by atoms with Gasteiger partial charge in [-0.05, 0) is 42.8 Å². The highest BCUT2D eigenvalue weighted by molar-refractivity contribution is 7.16. The first-order valence-electron chi connectivity index (χ1n) is 12.9. The molecule has 0 fully saturated rings. The van der Waals surface area contributed by atoms with E-state index in [-0.39, 0.29) is 0 Å². The van der Waals surface area contributed by atoms with E-state index in [4.69, 9.17) is 0 Å². The normalized spacial score (nSPS) is 18.8. The van der Waals surface area contributed by atoms with Crippen LogP contribution in [0.4, 0.5) is 5.69 Å². The van der Waals surface area contributed by atoms with Gasteiger partial charge >= 0.3 is 0 Å². The molecule has 36 heavy (non-hydrogen) atoms. The fraction of sp³-hybridized carbons (Fsp3) is 0.118. The van der Waals surface area contributed by atoms with Gasteiger partial charge in [-0.3, -0.25) is 0 Å². The molecule has 1 unspecified atom stereocenters. The third-order valence-corrected chi connectivity index (χ3v) is 8.62. The van der Waals surface area contributed by atoms with Crippen LogP contribution in [0.25, 0.3) is 21.8 Å². The molecule has 0 saturated carbocycles. The maximum absolute atomic E-state index is 2.40. The Morgan fingerprint density at radius 3 is 1.92 bits per heavy atom. The molecule has 0 N–H and O–H groups in total. The van der Waals surface area contributed by atoms with Crippen LogP contribution in [-0.2, 0) is 0 Å². The summed E-state index contributed by atoms with van der Waals surface area (Å²) >= 11 is 0. The Morgan fingerprint density at radius 1 is 0.556 bits per heavy atom. The van der Waals surface area contributed by atoms with Gasteiger partial charge < -0.3 is 4.39 Å². The van der Waals surface area contributed by atoms with Gasteiger partial charge in [-0.2, -0.15) is 0 Å². The maximum atomic E-state index is 2.40. The van der Waals surface area contributed by atoms with E-state index >= 15 is 0 Å². The first-order valence-corrected chi connectivity index (χ1v) is 12.9. The smallest absolute Gasteiger partial charge is 0.296 e. The van der Waals surface area contributed by atoms with Gasteiger partial charge in [-0.1, -0.05) is 120 Å². The maximum Gasteiger partial charge on any atom is 0.296 e. The van der Waals surface area contributed by atoms with Crippen molar-refractivity contribution in [1.82, 2.24) is 4.39 Å². The van der Waals surface area contributed by atoms with E-state index < -0.39 is 6.28 Å². The number of hydrogen-bond donors (Lipinski definition) is 0. The molecule has 1 aliphatic heterocycles. The second kappa shape index (κ2) is 8.36. The van der Waals surface area contributed by atoms with Crippen molar-refractivity contribution in [2.24, 2.45) is 0 Å². The average molecular weight is 465 g/mol. The summed E-state index contributed by atoms with van der Waals surface area (Å²) < 4.78 is 0.753. The van der Waals surface area contributed by atoms with Gasteiger partial charge in [-0.25, -0.2) is 0 Å². The Kier molecular flexibility index (Phi) is 5.24. The van der Waals surface area contributed by atoms with Crippen molar-refractivity contribution < 1.29 is 0 Å². The van der Waals surface area contributed by atoms with Crippen LogP contribution in [0.2, 0.25) is 0 Å². The van der Waals surface area contributed by atoms with Crippen molar-refractivity contribution in [1.29, 1.82) is 0 Å². The molecule has 0 aromatic heterocycles. The van der Waals surface area contributed by atoms with Crippen molar-refractivity contribution in [2.45, 2.75) is 13.8 Å². The number of para-hydroxylation sites is 1. The molecule has 1 atom stereocenters. The summed E-state index contributed by atoms with van der Waals surface area (Å²) in [6, 6.07) is 45.2. The van der Waals surface area contributed by atoms with Crippen molar-refractivity contribution in [2.75, 3.05) is 14.1 Å². The minimum atomic E-state index is -1.43. The lowest BCUT2D eigenvalue weighted by Gasteiger charge is -2.61. The highest BCUT2D eigenvalue weighted by Crippen LogP contribution is 2.48. The van der Waals surface area contributed by atoms with Crippen molar-refractivity contribution in [3.63, 3.8) is 0 Å². The number of rotatable bonds is 3. The van der Waals surface area contributed by atoms with E-state index in [1.807, 2.05) is 0 Å². The van der Waals surface area contributed by atoms with Gasteiger partial charge in [0.1, 0.15) is 0 Å². The van der Waals surface area contributed by atoms with E-state index in [1.165, 1.54) is 55.1 Å². The SMILES string of the molecule is CC1=C(c2ccc3ccccc3c2)[B-](c2ccccc2)(c2ccc(C)cc2)[N+](C)(C)c2ccccc21. The van der Waals surface area contributed by atoms with Gasteiger partial charge in [0.2, 0.25) is 0 Å². The quantitative estimate of drug-likeness (QED) is 0.253. The molecule has 0 aliphatic carbocycles. The lowest BCUT2D eigenvalue weighted by molar-refractivity contribution is 0.610. The Morgan fingerprint density at radius 2 is 1.17 bits per heavy atom. The van der Waals surface area contributed by atoms with Gasteiger partial charge in [-0.15, -0.1) is 16.4 Å². The molecule has 0 saturated heterocycles. The van der Waals surface area contributed by atoms with Crippen LogP contribution in [0.15, 0.2) is 121 Å². The fourth-order valence-corrected chi connectivity index (χ4v) is 6.95. The minimum absolute atomic E-state index is 0.753. The Balaban J connectivity index is 1.81. The lowest BCUT2D eigenvalue weighted by Crippen LogP contribution is -2.80. The average Bonchev–Trinajstić information content (AvgIpc) is 2.91. The van der Waals surface area contributed by atoms with E-state index in [1.54, 1.807) is 0 Å². The summed E-state index contributed by atoms with van der Waals surface area (Å²) in [6.07, 6.45) is -1.43. The highest BCUT2D eigenvalue weighted by atomic mass is 15.3. The molecule has 176 valence electrons. The number of quaternary nitrogens is 1.